The number of rotatable bonds is 2. The third-order valence-corrected chi connectivity index (χ3v) is 5.18. The Bertz CT molecular complexity index is 657. The van der Waals surface area contributed by atoms with E-state index in [1.165, 1.54) is 0 Å². The van der Waals surface area contributed by atoms with Gasteiger partial charge < -0.3 is 4.90 Å². The summed E-state index contributed by atoms with van der Waals surface area (Å²) in [6.45, 7) is 3.84. The molecular formula is C16H20BrN3O. The van der Waals surface area contributed by atoms with E-state index in [-0.39, 0.29) is 5.91 Å². The van der Waals surface area contributed by atoms with Crippen molar-refractivity contribution in [3.8, 4) is 0 Å². The third kappa shape index (κ3) is 2.71. The number of para-hydroxylation sites is 1. The van der Waals surface area contributed by atoms with E-state index >= 15 is 0 Å². The van der Waals surface area contributed by atoms with Crippen molar-refractivity contribution in [2.45, 2.75) is 24.6 Å². The number of aryl methyl sites for hydroxylation is 1. The molecule has 2 aromatic rings. The molecule has 1 atom stereocenters. The van der Waals surface area contributed by atoms with Crippen LogP contribution < -0.4 is 0 Å². The van der Waals surface area contributed by atoms with E-state index in [4.69, 9.17) is 0 Å². The Labute approximate surface area is 133 Å². The first-order valence-electron chi connectivity index (χ1n) is 7.43. The zero-order chi connectivity index (χ0) is 15.0. The summed E-state index contributed by atoms with van der Waals surface area (Å²) < 4.78 is 1.79. The van der Waals surface area contributed by atoms with Crippen LogP contribution in [-0.4, -0.2) is 38.5 Å². The van der Waals surface area contributed by atoms with Gasteiger partial charge in [-0.2, -0.15) is 5.10 Å². The number of alkyl halides is 1. The molecule has 1 aromatic heterocycles. The van der Waals surface area contributed by atoms with E-state index in [2.05, 4.69) is 28.0 Å². The first-order valence-corrected chi connectivity index (χ1v) is 8.34. The maximum atomic E-state index is 12.7. The normalized spacial score (nSPS) is 18.1. The van der Waals surface area contributed by atoms with Crippen LogP contribution in [0.3, 0.4) is 0 Å². The van der Waals surface area contributed by atoms with Crippen LogP contribution in [0.4, 0.5) is 0 Å². The van der Waals surface area contributed by atoms with E-state index in [0.717, 1.165) is 36.8 Å². The van der Waals surface area contributed by atoms with Gasteiger partial charge in [-0.15, -0.1) is 0 Å². The molecule has 1 amide bonds. The number of carbonyl (C=O) groups is 1. The van der Waals surface area contributed by atoms with Gasteiger partial charge in [0.25, 0.3) is 5.91 Å². The number of benzene rings is 1. The Balaban J connectivity index is 1.82. The highest BCUT2D eigenvalue weighted by Crippen LogP contribution is 2.27. The Hall–Kier alpha value is -1.36. The van der Waals surface area contributed by atoms with E-state index < -0.39 is 0 Å². The van der Waals surface area contributed by atoms with Crippen molar-refractivity contribution in [1.29, 1.82) is 0 Å². The van der Waals surface area contributed by atoms with Crippen molar-refractivity contribution in [2.24, 2.45) is 13.0 Å². The SMILES string of the molecule is CC(Br)C1CCN(C(=O)c2nn(C)c3ccccc23)CC1. The first kappa shape index (κ1) is 14.6. The van der Waals surface area contributed by atoms with Crippen LogP contribution in [0.25, 0.3) is 10.9 Å². The highest BCUT2D eigenvalue weighted by molar-refractivity contribution is 9.09. The Kier molecular flexibility index (Phi) is 4.02. The molecule has 1 aliphatic rings. The number of piperidine rings is 1. The molecule has 0 bridgehead atoms. The number of hydrogen-bond acceptors (Lipinski definition) is 2. The lowest BCUT2D eigenvalue weighted by Gasteiger charge is -2.32. The minimum Gasteiger partial charge on any atom is -0.337 e. The van der Waals surface area contributed by atoms with E-state index in [9.17, 15) is 4.79 Å². The summed E-state index contributed by atoms with van der Waals surface area (Å²) in [5, 5.41) is 5.38. The second kappa shape index (κ2) is 5.79. The van der Waals surface area contributed by atoms with Crippen molar-refractivity contribution in [3.63, 3.8) is 0 Å². The lowest BCUT2D eigenvalue weighted by atomic mass is 9.94. The fraction of sp³-hybridized carbons (Fsp3) is 0.500. The van der Waals surface area contributed by atoms with Gasteiger partial charge >= 0.3 is 0 Å². The van der Waals surface area contributed by atoms with Crippen LogP contribution in [0.5, 0.6) is 0 Å². The van der Waals surface area contributed by atoms with Crippen molar-refractivity contribution in [3.05, 3.63) is 30.0 Å². The molecule has 21 heavy (non-hydrogen) atoms. The van der Waals surface area contributed by atoms with Crippen molar-refractivity contribution in [2.75, 3.05) is 13.1 Å². The first-order chi connectivity index (χ1) is 10.1. The summed E-state index contributed by atoms with van der Waals surface area (Å²) in [5.74, 6) is 0.724. The van der Waals surface area contributed by atoms with Gasteiger partial charge in [0.15, 0.2) is 5.69 Å². The molecule has 2 heterocycles. The van der Waals surface area contributed by atoms with E-state index in [0.29, 0.717) is 16.4 Å². The Morgan fingerprint density at radius 1 is 1.33 bits per heavy atom. The summed E-state index contributed by atoms with van der Waals surface area (Å²) in [6, 6.07) is 7.90. The van der Waals surface area contributed by atoms with Crippen LogP contribution in [-0.2, 0) is 7.05 Å². The Morgan fingerprint density at radius 3 is 2.67 bits per heavy atom. The topological polar surface area (TPSA) is 38.1 Å². The van der Waals surface area contributed by atoms with E-state index in [1.54, 1.807) is 4.68 Å². The van der Waals surface area contributed by atoms with Crippen LogP contribution in [0, 0.1) is 5.92 Å². The molecule has 1 aliphatic heterocycles. The van der Waals surface area contributed by atoms with Gasteiger partial charge in [0, 0.05) is 30.4 Å². The van der Waals surface area contributed by atoms with Crippen molar-refractivity contribution < 1.29 is 4.79 Å². The molecule has 1 saturated heterocycles. The fourth-order valence-electron chi connectivity index (χ4n) is 3.08. The molecule has 112 valence electrons. The van der Waals surface area contributed by atoms with Gasteiger partial charge in [0.1, 0.15) is 0 Å². The van der Waals surface area contributed by atoms with Gasteiger partial charge in [-0.25, -0.2) is 0 Å². The highest BCUT2D eigenvalue weighted by Gasteiger charge is 2.28. The lowest BCUT2D eigenvalue weighted by Crippen LogP contribution is -2.40. The molecule has 0 saturated carbocycles. The molecule has 1 fully saturated rings. The Morgan fingerprint density at radius 2 is 2.00 bits per heavy atom. The average molecular weight is 350 g/mol. The third-order valence-electron chi connectivity index (χ3n) is 4.44. The van der Waals surface area contributed by atoms with Gasteiger partial charge in [-0.1, -0.05) is 41.1 Å². The van der Waals surface area contributed by atoms with Crippen molar-refractivity contribution in [1.82, 2.24) is 14.7 Å². The molecule has 0 radical (unpaired) electrons. The maximum absolute atomic E-state index is 12.7. The molecule has 1 aromatic carbocycles. The molecule has 5 heteroatoms. The van der Waals surface area contributed by atoms with Gasteiger partial charge in [0.2, 0.25) is 0 Å². The zero-order valence-corrected chi connectivity index (χ0v) is 14.0. The molecule has 1 unspecified atom stereocenters. The standard InChI is InChI=1S/C16H20BrN3O/c1-11(17)12-7-9-20(10-8-12)16(21)15-13-5-3-4-6-14(13)19(2)18-15/h3-6,11-12H,7-10H2,1-2H3. The zero-order valence-electron chi connectivity index (χ0n) is 12.4. The molecule has 0 spiro atoms. The summed E-state index contributed by atoms with van der Waals surface area (Å²) >= 11 is 3.65. The predicted octanol–water partition coefficient (Wildman–Crippen LogP) is 3.21. The molecular weight excluding hydrogens is 330 g/mol. The summed E-state index contributed by atoms with van der Waals surface area (Å²) in [4.78, 5) is 15.2. The number of fused-ring (bicyclic) bond motifs is 1. The maximum Gasteiger partial charge on any atom is 0.275 e. The monoisotopic (exact) mass is 349 g/mol. The van der Waals surface area contributed by atoms with Gasteiger partial charge in [-0.05, 0) is 24.8 Å². The quantitative estimate of drug-likeness (QED) is 0.780. The lowest BCUT2D eigenvalue weighted by molar-refractivity contribution is 0.0686. The smallest absolute Gasteiger partial charge is 0.275 e. The minimum absolute atomic E-state index is 0.0625. The summed E-state index contributed by atoms with van der Waals surface area (Å²) in [7, 11) is 1.89. The second-order valence-electron chi connectivity index (χ2n) is 5.80. The molecule has 0 aliphatic carbocycles. The number of amides is 1. The summed E-state index contributed by atoms with van der Waals surface area (Å²) in [6.07, 6.45) is 2.12. The minimum atomic E-state index is 0.0625. The van der Waals surface area contributed by atoms with Gasteiger partial charge in [-0.3, -0.25) is 9.48 Å². The second-order valence-corrected chi connectivity index (χ2v) is 7.24. The number of halogens is 1. The number of carbonyl (C=O) groups excluding carboxylic acids is 1. The largest absolute Gasteiger partial charge is 0.337 e. The predicted molar refractivity (Wildman–Crippen MR) is 87.7 cm³/mol. The van der Waals surface area contributed by atoms with Crippen LogP contribution in [0.15, 0.2) is 24.3 Å². The molecule has 3 rings (SSSR count). The highest BCUT2D eigenvalue weighted by atomic mass is 79.9. The number of nitrogens with zero attached hydrogens (tertiary/aromatic N) is 3. The van der Waals surface area contributed by atoms with Crippen LogP contribution in [0.1, 0.15) is 30.3 Å². The number of aromatic nitrogens is 2. The van der Waals surface area contributed by atoms with Gasteiger partial charge in [0.05, 0.1) is 5.52 Å². The average Bonchev–Trinajstić information content (AvgIpc) is 2.84. The van der Waals surface area contributed by atoms with Crippen LogP contribution in [0.2, 0.25) is 0 Å². The van der Waals surface area contributed by atoms with E-state index in [1.807, 2.05) is 36.2 Å². The van der Waals surface area contributed by atoms with Crippen molar-refractivity contribution >= 4 is 32.7 Å². The fourth-order valence-corrected chi connectivity index (χ4v) is 3.61. The number of likely N-dealkylation sites (tertiary alicyclic amines) is 1. The summed E-state index contributed by atoms with van der Waals surface area (Å²) in [5.41, 5.74) is 1.59. The number of hydrogen-bond donors (Lipinski definition) is 0. The molecule has 4 nitrogen and oxygen atoms in total. The van der Waals surface area contributed by atoms with Crippen LogP contribution >= 0.6 is 15.9 Å². The molecule has 0 N–H and O–H groups in total.